The Morgan fingerprint density at radius 1 is 1.11 bits per heavy atom. The first-order valence-electron chi connectivity index (χ1n) is 5.96. The van der Waals surface area contributed by atoms with E-state index in [1.54, 1.807) is 0 Å². The van der Waals surface area contributed by atoms with Crippen LogP contribution in [0.25, 0.3) is 0 Å². The lowest BCUT2D eigenvalue weighted by Gasteiger charge is -2.27. The molecular weight excluding hydrogens is 272 g/mol. The van der Waals surface area contributed by atoms with Gasteiger partial charge in [0.2, 0.25) is 9.05 Å². The Labute approximate surface area is 112 Å². The fourth-order valence-electron chi connectivity index (χ4n) is 2.07. The van der Waals surface area contributed by atoms with E-state index in [0.29, 0.717) is 0 Å². The zero-order chi connectivity index (χ0) is 13.0. The van der Waals surface area contributed by atoms with Crippen LogP contribution in [0.4, 0.5) is 0 Å². The van der Waals surface area contributed by atoms with Crippen LogP contribution in [0.1, 0.15) is 11.1 Å². The Hall–Kier alpha value is -0.620. The van der Waals surface area contributed by atoms with Crippen molar-refractivity contribution in [3.05, 3.63) is 35.4 Å². The third-order valence-electron chi connectivity index (χ3n) is 2.98. The smallest absolute Gasteiger partial charge is 0.236 e. The maximum atomic E-state index is 11.0. The van der Waals surface area contributed by atoms with E-state index in [1.807, 2.05) is 24.3 Å². The molecule has 0 unspecified atom stereocenters. The molecular formula is C12H17ClN2O2S. The quantitative estimate of drug-likeness (QED) is 0.845. The summed E-state index contributed by atoms with van der Waals surface area (Å²) in [5.74, 6) is -0.109. The topological polar surface area (TPSA) is 49.4 Å². The predicted octanol–water partition coefficient (Wildman–Crippen LogP) is 1.16. The van der Waals surface area contributed by atoms with Crippen molar-refractivity contribution >= 4 is 19.7 Å². The van der Waals surface area contributed by atoms with E-state index in [9.17, 15) is 8.42 Å². The Bertz CT molecular complexity index is 481. The van der Waals surface area contributed by atoms with Crippen LogP contribution in [0, 0.1) is 0 Å². The average Bonchev–Trinajstić information content (AvgIpc) is 2.31. The van der Waals surface area contributed by atoms with Gasteiger partial charge >= 0.3 is 0 Å². The zero-order valence-corrected chi connectivity index (χ0v) is 11.7. The highest BCUT2D eigenvalue weighted by Gasteiger charge is 2.10. The third-order valence-corrected chi connectivity index (χ3v) is 3.98. The summed E-state index contributed by atoms with van der Waals surface area (Å²) >= 11 is 0. The van der Waals surface area contributed by atoms with E-state index < -0.39 is 9.05 Å². The van der Waals surface area contributed by atoms with Gasteiger partial charge in [0.25, 0.3) is 0 Å². The Morgan fingerprint density at radius 3 is 2.22 bits per heavy atom. The Morgan fingerprint density at radius 2 is 1.67 bits per heavy atom. The highest BCUT2D eigenvalue weighted by molar-refractivity contribution is 8.13. The van der Waals surface area contributed by atoms with E-state index in [-0.39, 0.29) is 5.75 Å². The molecule has 1 aliphatic heterocycles. The van der Waals surface area contributed by atoms with Crippen molar-refractivity contribution in [1.82, 2.24) is 10.2 Å². The zero-order valence-electron chi connectivity index (χ0n) is 10.1. The van der Waals surface area contributed by atoms with Gasteiger partial charge in [0.15, 0.2) is 0 Å². The first-order chi connectivity index (χ1) is 8.53. The summed E-state index contributed by atoms with van der Waals surface area (Å²) in [5.41, 5.74) is 1.93. The minimum atomic E-state index is -3.46. The highest BCUT2D eigenvalue weighted by atomic mass is 35.7. The second-order valence-electron chi connectivity index (χ2n) is 4.53. The van der Waals surface area contributed by atoms with Crippen LogP contribution in [0.15, 0.2) is 24.3 Å². The first-order valence-corrected chi connectivity index (χ1v) is 8.44. The van der Waals surface area contributed by atoms with Crippen molar-refractivity contribution in [3.63, 3.8) is 0 Å². The van der Waals surface area contributed by atoms with Gasteiger partial charge in [-0.1, -0.05) is 24.3 Å². The number of hydrogen-bond acceptors (Lipinski definition) is 4. The number of nitrogens with one attached hydrogen (secondary N) is 1. The first kappa shape index (κ1) is 13.8. The van der Waals surface area contributed by atoms with Crippen LogP contribution in [-0.4, -0.2) is 39.5 Å². The maximum Gasteiger partial charge on any atom is 0.236 e. The molecule has 0 aliphatic carbocycles. The van der Waals surface area contributed by atoms with Gasteiger partial charge in [-0.25, -0.2) is 8.42 Å². The van der Waals surface area contributed by atoms with Crippen LogP contribution in [-0.2, 0) is 21.3 Å². The fourth-order valence-corrected chi connectivity index (χ4v) is 3.04. The summed E-state index contributed by atoms with van der Waals surface area (Å²) in [6.45, 7) is 5.08. The van der Waals surface area contributed by atoms with Gasteiger partial charge in [-0.05, 0) is 11.1 Å². The van der Waals surface area contributed by atoms with E-state index in [0.717, 1.165) is 38.3 Å². The van der Waals surface area contributed by atoms with Crippen LogP contribution in [0.5, 0.6) is 0 Å². The molecule has 0 bridgehead atoms. The number of piperazine rings is 1. The van der Waals surface area contributed by atoms with E-state index >= 15 is 0 Å². The molecule has 0 spiro atoms. The standard InChI is InChI=1S/C12H17ClN2O2S/c13-18(16,17)10-12-3-1-11(2-4-12)9-15-7-5-14-6-8-15/h1-4,14H,5-10H2. The van der Waals surface area contributed by atoms with Gasteiger partial charge in [0.05, 0.1) is 5.75 Å². The number of nitrogens with zero attached hydrogens (tertiary/aromatic N) is 1. The monoisotopic (exact) mass is 288 g/mol. The number of halogens is 1. The molecule has 1 aromatic rings. The summed E-state index contributed by atoms with van der Waals surface area (Å²) in [5, 5.41) is 3.31. The van der Waals surface area contributed by atoms with E-state index in [2.05, 4.69) is 10.2 Å². The lowest BCUT2D eigenvalue weighted by atomic mass is 10.1. The molecule has 100 valence electrons. The fraction of sp³-hybridized carbons (Fsp3) is 0.500. The maximum absolute atomic E-state index is 11.0. The Balaban J connectivity index is 1.94. The van der Waals surface area contributed by atoms with Crippen molar-refractivity contribution in [2.45, 2.75) is 12.3 Å². The number of benzene rings is 1. The van der Waals surface area contributed by atoms with E-state index in [4.69, 9.17) is 10.7 Å². The van der Waals surface area contributed by atoms with Crippen molar-refractivity contribution in [2.24, 2.45) is 0 Å². The lowest BCUT2D eigenvalue weighted by molar-refractivity contribution is 0.233. The van der Waals surface area contributed by atoms with Crippen LogP contribution in [0.3, 0.4) is 0 Å². The van der Waals surface area contributed by atoms with Crippen LogP contribution < -0.4 is 5.32 Å². The molecule has 0 radical (unpaired) electrons. The van der Waals surface area contributed by atoms with Crippen LogP contribution in [0.2, 0.25) is 0 Å². The number of rotatable bonds is 4. The molecule has 4 nitrogen and oxygen atoms in total. The third kappa shape index (κ3) is 4.57. The predicted molar refractivity (Wildman–Crippen MR) is 73.1 cm³/mol. The van der Waals surface area contributed by atoms with Gasteiger partial charge in [-0.15, -0.1) is 0 Å². The van der Waals surface area contributed by atoms with Crippen LogP contribution >= 0.6 is 10.7 Å². The molecule has 2 rings (SSSR count). The largest absolute Gasteiger partial charge is 0.314 e. The molecule has 0 aromatic heterocycles. The minimum Gasteiger partial charge on any atom is -0.314 e. The second-order valence-corrected chi connectivity index (χ2v) is 7.30. The number of hydrogen-bond donors (Lipinski definition) is 1. The molecule has 1 fully saturated rings. The minimum absolute atomic E-state index is 0.109. The van der Waals surface area contributed by atoms with Gasteiger partial charge in [-0.3, -0.25) is 4.90 Å². The van der Waals surface area contributed by atoms with Crippen molar-refractivity contribution in [2.75, 3.05) is 26.2 Å². The molecule has 0 atom stereocenters. The summed E-state index contributed by atoms with van der Waals surface area (Å²) < 4.78 is 21.9. The van der Waals surface area contributed by atoms with Gasteiger partial charge < -0.3 is 5.32 Å². The molecule has 0 saturated carbocycles. The lowest BCUT2D eigenvalue weighted by Crippen LogP contribution is -2.42. The molecule has 1 aliphatic rings. The molecule has 18 heavy (non-hydrogen) atoms. The van der Waals surface area contributed by atoms with Crippen molar-refractivity contribution in [3.8, 4) is 0 Å². The summed E-state index contributed by atoms with van der Waals surface area (Å²) in [4.78, 5) is 2.38. The average molecular weight is 289 g/mol. The van der Waals surface area contributed by atoms with E-state index in [1.165, 1.54) is 5.56 Å². The SMILES string of the molecule is O=S(=O)(Cl)Cc1ccc(CN2CCNCC2)cc1. The highest BCUT2D eigenvalue weighted by Crippen LogP contribution is 2.12. The normalized spacial score (nSPS) is 17.8. The molecule has 1 saturated heterocycles. The van der Waals surface area contributed by atoms with Crippen molar-refractivity contribution in [1.29, 1.82) is 0 Å². The summed E-state index contributed by atoms with van der Waals surface area (Å²) in [6, 6.07) is 7.60. The second kappa shape index (κ2) is 6.02. The molecule has 1 heterocycles. The van der Waals surface area contributed by atoms with Gasteiger partial charge in [-0.2, -0.15) is 0 Å². The molecule has 0 amide bonds. The van der Waals surface area contributed by atoms with Gasteiger partial charge in [0.1, 0.15) is 0 Å². The van der Waals surface area contributed by atoms with Crippen molar-refractivity contribution < 1.29 is 8.42 Å². The molecule has 1 aromatic carbocycles. The van der Waals surface area contributed by atoms with Gasteiger partial charge in [0, 0.05) is 43.4 Å². The summed E-state index contributed by atoms with van der Waals surface area (Å²) in [7, 11) is 1.76. The molecule has 6 heteroatoms. The summed E-state index contributed by atoms with van der Waals surface area (Å²) in [6.07, 6.45) is 0. The molecule has 1 N–H and O–H groups in total. The Kier molecular flexibility index (Phi) is 4.61.